The van der Waals surface area contributed by atoms with Gasteiger partial charge >= 0.3 is 0 Å². The summed E-state index contributed by atoms with van der Waals surface area (Å²) in [6.45, 7) is -1.74. The number of hydrogen-bond donors (Lipinski definition) is 0. The normalized spacial score (nSPS) is 11.2. The zero-order valence-electron chi connectivity index (χ0n) is 19.4. The number of halogens is 1. The Hall–Kier alpha value is -3.38. The summed E-state index contributed by atoms with van der Waals surface area (Å²) < 4.78 is 5.98. The molecule has 0 fully saturated rings. The van der Waals surface area contributed by atoms with Gasteiger partial charge in [0.15, 0.2) is 0 Å². The highest BCUT2D eigenvalue weighted by Gasteiger charge is 2.46. The largest absolute Gasteiger partial charge is 0.489 e. The summed E-state index contributed by atoms with van der Waals surface area (Å²) in [7, 11) is 0. The summed E-state index contributed by atoms with van der Waals surface area (Å²) in [5.41, 5.74) is 3.64. The lowest BCUT2D eigenvalue weighted by Gasteiger charge is -2.21. The lowest BCUT2D eigenvalue weighted by molar-refractivity contribution is 0.306. The van der Waals surface area contributed by atoms with Crippen molar-refractivity contribution in [1.82, 2.24) is 0 Å². The molecule has 0 spiro atoms. The van der Waals surface area contributed by atoms with E-state index >= 15 is 0 Å². The zero-order chi connectivity index (χ0) is 23.9. The van der Waals surface area contributed by atoms with Crippen molar-refractivity contribution in [3.8, 4) is 5.75 Å². The third-order valence-corrected chi connectivity index (χ3v) is 11.0. The van der Waals surface area contributed by atoms with Gasteiger partial charge in [-0.25, -0.2) is 0 Å². The molecule has 0 N–H and O–H groups in total. The highest BCUT2D eigenvalue weighted by atomic mass is 35.7. The minimum atomic E-state index is -2.31. The Morgan fingerprint density at radius 2 is 1.03 bits per heavy atom. The lowest BCUT2D eigenvalue weighted by atomic mass is 10.0. The maximum absolute atomic E-state index is 7.70. The highest BCUT2D eigenvalue weighted by Crippen LogP contribution is 2.61. The van der Waals surface area contributed by atoms with Crippen LogP contribution < -0.4 is 20.7 Å². The van der Waals surface area contributed by atoms with Gasteiger partial charge in [-0.2, -0.15) is 0 Å². The minimum Gasteiger partial charge on any atom is -0.489 e. The second-order valence-corrected chi connectivity index (χ2v) is 12.7. The van der Waals surface area contributed by atoms with Gasteiger partial charge in [0, 0.05) is 12.0 Å². The Bertz CT molecular complexity index is 1310. The summed E-state index contributed by atoms with van der Waals surface area (Å²) in [4.78, 5) is 0. The van der Waals surface area contributed by atoms with Crippen LogP contribution in [0.25, 0.3) is 0 Å². The van der Waals surface area contributed by atoms with Crippen molar-refractivity contribution in [3.63, 3.8) is 0 Å². The fourth-order valence-electron chi connectivity index (χ4n) is 4.32. The average molecular weight is 494 g/mol. The average Bonchev–Trinajstić information content (AvgIpc) is 2.94. The van der Waals surface area contributed by atoms with Gasteiger partial charge in [0.05, 0.1) is 0 Å². The van der Waals surface area contributed by atoms with Crippen LogP contribution in [0.5, 0.6) is 5.75 Å². The summed E-state index contributed by atoms with van der Waals surface area (Å²) in [5, 5.41) is 3.55. The topological polar surface area (TPSA) is 9.23 Å². The van der Waals surface area contributed by atoms with Crippen LogP contribution in [0.3, 0.4) is 0 Å². The van der Waals surface area contributed by atoms with Gasteiger partial charge in [0.2, 0.25) is 6.62 Å². The van der Waals surface area contributed by atoms with Gasteiger partial charge in [0.25, 0.3) is 0 Å². The molecule has 35 heavy (non-hydrogen) atoms. The molecule has 1 nitrogen and oxygen atoms in total. The molecule has 5 aromatic rings. The molecule has 0 amide bonds. The maximum atomic E-state index is 7.70. The number of hydrogen-bond acceptors (Lipinski definition) is 1. The molecule has 5 aromatic carbocycles. The molecule has 0 unspecified atom stereocenters. The number of rotatable bonds is 8. The third kappa shape index (κ3) is 5.33. The van der Waals surface area contributed by atoms with Crippen LogP contribution in [0.4, 0.5) is 0 Å². The molecule has 172 valence electrons. The molecular formula is C32H27ClOP+. The van der Waals surface area contributed by atoms with Crippen molar-refractivity contribution in [3.05, 3.63) is 156 Å². The van der Waals surface area contributed by atoms with E-state index in [1.54, 1.807) is 0 Å². The van der Waals surface area contributed by atoms with Crippen molar-refractivity contribution < 1.29 is 4.74 Å². The SMILES string of the molecule is Cl[P+](c1ccccc1)(c1ccccc1)c1ccccc1Cc1ccc(OCc2ccccc2)cc1. The van der Waals surface area contributed by atoms with E-state index in [9.17, 15) is 0 Å². The van der Waals surface area contributed by atoms with E-state index in [0.29, 0.717) is 6.61 Å². The quantitative estimate of drug-likeness (QED) is 0.206. The first-order valence-electron chi connectivity index (χ1n) is 11.8. The predicted molar refractivity (Wildman–Crippen MR) is 151 cm³/mol. The van der Waals surface area contributed by atoms with Crippen molar-refractivity contribution in [1.29, 1.82) is 0 Å². The fourth-order valence-corrected chi connectivity index (χ4v) is 8.35. The van der Waals surface area contributed by atoms with Crippen LogP contribution in [0.15, 0.2) is 140 Å². The van der Waals surface area contributed by atoms with E-state index in [-0.39, 0.29) is 0 Å². The molecule has 0 saturated heterocycles. The van der Waals surface area contributed by atoms with Gasteiger partial charge in [-0.05, 0) is 53.6 Å². The molecule has 0 saturated carbocycles. The smallest absolute Gasteiger partial charge is 0.210 e. The van der Waals surface area contributed by atoms with Crippen LogP contribution in [-0.2, 0) is 13.0 Å². The fraction of sp³-hybridized carbons (Fsp3) is 0.0625. The summed E-state index contributed by atoms with van der Waals surface area (Å²) in [5.74, 6) is 0.874. The first-order chi connectivity index (χ1) is 17.2. The van der Waals surface area contributed by atoms with Crippen molar-refractivity contribution in [2.24, 2.45) is 0 Å². The molecule has 0 aliphatic heterocycles. The molecule has 0 bridgehead atoms. The molecule has 0 aliphatic carbocycles. The molecule has 3 heteroatoms. The Morgan fingerprint density at radius 3 is 1.63 bits per heavy atom. The van der Waals surface area contributed by atoms with Crippen LogP contribution in [0.2, 0.25) is 0 Å². The van der Waals surface area contributed by atoms with E-state index in [1.807, 2.05) is 30.3 Å². The molecule has 0 radical (unpaired) electrons. The predicted octanol–water partition coefficient (Wildman–Crippen LogP) is 7.30. The molecule has 0 atom stereocenters. The Balaban J connectivity index is 1.43. The molecule has 5 rings (SSSR count). The summed E-state index contributed by atoms with van der Waals surface area (Å²) >= 11 is 7.70. The van der Waals surface area contributed by atoms with Gasteiger partial charge < -0.3 is 4.74 Å². The first kappa shape index (κ1) is 23.4. The van der Waals surface area contributed by atoms with E-state index < -0.39 is 6.62 Å². The van der Waals surface area contributed by atoms with Gasteiger partial charge in [0.1, 0.15) is 39.5 Å². The Morgan fingerprint density at radius 1 is 0.514 bits per heavy atom. The Kier molecular flexibility index (Phi) is 7.28. The zero-order valence-corrected chi connectivity index (χ0v) is 21.1. The highest BCUT2D eigenvalue weighted by molar-refractivity contribution is 8.15. The van der Waals surface area contributed by atoms with E-state index in [2.05, 4.69) is 109 Å². The lowest BCUT2D eigenvalue weighted by Crippen LogP contribution is -2.29. The molecule has 0 aliphatic rings. The van der Waals surface area contributed by atoms with Crippen molar-refractivity contribution >= 4 is 33.8 Å². The van der Waals surface area contributed by atoms with E-state index in [0.717, 1.165) is 17.7 Å². The maximum Gasteiger partial charge on any atom is 0.210 e. The van der Waals surface area contributed by atoms with Gasteiger partial charge in [-0.3, -0.25) is 0 Å². The first-order valence-corrected chi connectivity index (χ1v) is 14.5. The third-order valence-electron chi connectivity index (χ3n) is 6.11. The second kappa shape index (κ2) is 10.9. The van der Waals surface area contributed by atoms with Gasteiger partial charge in [-0.15, -0.1) is 0 Å². The van der Waals surface area contributed by atoms with E-state index in [1.165, 1.54) is 27.0 Å². The van der Waals surface area contributed by atoms with Crippen LogP contribution in [0, 0.1) is 0 Å². The van der Waals surface area contributed by atoms with Crippen LogP contribution in [-0.4, -0.2) is 0 Å². The number of benzene rings is 5. The van der Waals surface area contributed by atoms with Crippen LogP contribution in [0.1, 0.15) is 16.7 Å². The molecule has 0 aromatic heterocycles. The van der Waals surface area contributed by atoms with Crippen molar-refractivity contribution in [2.75, 3.05) is 0 Å². The van der Waals surface area contributed by atoms with Crippen LogP contribution >= 0.6 is 17.9 Å². The monoisotopic (exact) mass is 493 g/mol. The molecule has 0 heterocycles. The van der Waals surface area contributed by atoms with Crippen molar-refractivity contribution in [2.45, 2.75) is 13.0 Å². The second-order valence-electron chi connectivity index (χ2n) is 8.48. The summed E-state index contributed by atoms with van der Waals surface area (Å²) in [6, 6.07) is 48.3. The van der Waals surface area contributed by atoms with Gasteiger partial charge in [-0.1, -0.05) is 97.1 Å². The number of ether oxygens (including phenoxy) is 1. The summed E-state index contributed by atoms with van der Waals surface area (Å²) in [6.07, 6.45) is 0.809. The molecular weight excluding hydrogens is 467 g/mol. The van der Waals surface area contributed by atoms with E-state index in [4.69, 9.17) is 16.0 Å². The Labute approximate surface area is 213 Å². The minimum absolute atomic E-state index is 0.566. The standard InChI is InChI=1S/C32H27ClOP/c33-35(30-15-6-2-7-16-30,31-17-8-3-9-18-31)32-19-11-10-14-28(32)24-26-20-22-29(23-21-26)34-25-27-12-4-1-5-13-27/h1-23H,24-25H2/q+1.